The zero-order chi connectivity index (χ0) is 10.6. The second-order valence-corrected chi connectivity index (χ2v) is 4.15. The molecule has 0 aliphatic carbocycles. The molecule has 1 aromatic heterocycles. The van der Waals surface area contributed by atoms with E-state index in [1.807, 2.05) is 0 Å². The van der Waals surface area contributed by atoms with E-state index in [9.17, 15) is 0 Å². The molecule has 0 bridgehead atoms. The summed E-state index contributed by atoms with van der Waals surface area (Å²) in [6.45, 7) is 4.24. The van der Waals surface area contributed by atoms with Gasteiger partial charge in [0, 0.05) is 13.8 Å². The molecule has 0 unspecified atom stereocenters. The number of thiazole rings is 1. The second kappa shape index (κ2) is 4.85. The van der Waals surface area contributed by atoms with Gasteiger partial charge in [-0.3, -0.25) is 0 Å². The van der Waals surface area contributed by atoms with Gasteiger partial charge in [-0.15, -0.1) is 10.2 Å². The molecule has 1 rings (SSSR count). The first-order valence-electron chi connectivity index (χ1n) is 3.24. The zero-order valence-corrected chi connectivity index (χ0v) is 9.02. The molecular formula is C6H10ClNO4S. The number of hydrogen-bond acceptors (Lipinski definition) is 5. The molecule has 76 valence electrons. The van der Waals surface area contributed by atoms with Crippen molar-refractivity contribution in [2.75, 3.05) is 0 Å². The normalized spacial score (nSPS) is 10.7. The smallest absolute Gasteiger partial charge is 0.222 e. The maximum Gasteiger partial charge on any atom is 0.234 e. The average molecular weight is 228 g/mol. The molecule has 0 saturated heterocycles. The number of rotatable bonds is 0. The highest BCUT2D eigenvalue weighted by atomic mass is 35.7. The van der Waals surface area contributed by atoms with E-state index in [2.05, 4.69) is 30.8 Å². The van der Waals surface area contributed by atoms with E-state index >= 15 is 0 Å². The maximum atomic E-state index is 8.49. The third kappa shape index (κ3) is 6.88. The first kappa shape index (κ1) is 12.8. The monoisotopic (exact) mass is 227 g/mol. The van der Waals surface area contributed by atoms with Crippen molar-refractivity contribution in [1.29, 1.82) is 0 Å². The summed E-state index contributed by atoms with van der Waals surface area (Å²) in [6.07, 6.45) is 0. The highest BCUT2D eigenvalue weighted by Crippen LogP contribution is 2.02. The Morgan fingerprint density at radius 3 is 1.69 bits per heavy atom. The summed E-state index contributed by atoms with van der Waals surface area (Å²) in [5.74, 6) is 0. The van der Waals surface area contributed by atoms with Gasteiger partial charge in [0.05, 0.1) is 5.38 Å². The van der Waals surface area contributed by atoms with E-state index in [0.29, 0.717) is 0 Å². The SMILES string of the molecule is Cc1csc(C)[n+]1C.[O-][Cl+3]([O-])([O-])[O-]. The lowest BCUT2D eigenvalue weighted by Gasteiger charge is -2.17. The molecule has 0 atom stereocenters. The fourth-order valence-electron chi connectivity index (χ4n) is 0.577. The lowest BCUT2D eigenvalue weighted by molar-refractivity contribution is -2.00. The van der Waals surface area contributed by atoms with Gasteiger partial charge in [0.1, 0.15) is 7.05 Å². The van der Waals surface area contributed by atoms with Crippen molar-refractivity contribution in [3.8, 4) is 0 Å². The largest absolute Gasteiger partial charge is 0.234 e. The van der Waals surface area contributed by atoms with Gasteiger partial charge in [-0.2, -0.15) is 4.57 Å². The van der Waals surface area contributed by atoms with E-state index in [0.717, 1.165) is 0 Å². The summed E-state index contributed by atoms with van der Waals surface area (Å²) in [5.41, 5.74) is 1.34. The average Bonchev–Trinajstić information content (AvgIpc) is 2.16. The van der Waals surface area contributed by atoms with Gasteiger partial charge in [-0.25, -0.2) is 18.6 Å². The van der Waals surface area contributed by atoms with Gasteiger partial charge < -0.3 is 0 Å². The van der Waals surface area contributed by atoms with Crippen LogP contribution < -0.4 is 23.2 Å². The highest BCUT2D eigenvalue weighted by Gasteiger charge is 2.04. The van der Waals surface area contributed by atoms with E-state index in [4.69, 9.17) is 18.6 Å². The van der Waals surface area contributed by atoms with Crippen molar-refractivity contribution in [2.24, 2.45) is 7.05 Å². The molecule has 1 aromatic rings. The minimum atomic E-state index is -4.94. The Bertz CT molecular complexity index is 245. The van der Waals surface area contributed by atoms with E-state index in [1.165, 1.54) is 10.7 Å². The summed E-state index contributed by atoms with van der Waals surface area (Å²) >= 11 is 1.79. The van der Waals surface area contributed by atoms with Gasteiger partial charge in [-0.1, -0.05) is 11.3 Å². The highest BCUT2D eigenvalue weighted by molar-refractivity contribution is 7.09. The van der Waals surface area contributed by atoms with Crippen molar-refractivity contribution in [2.45, 2.75) is 13.8 Å². The van der Waals surface area contributed by atoms with Crippen LogP contribution in [-0.4, -0.2) is 0 Å². The molecule has 0 aromatic carbocycles. The van der Waals surface area contributed by atoms with Crippen LogP contribution >= 0.6 is 11.3 Å². The van der Waals surface area contributed by atoms with Crippen LogP contribution in [0.25, 0.3) is 0 Å². The maximum absolute atomic E-state index is 8.49. The molecule has 0 aliphatic rings. The third-order valence-electron chi connectivity index (χ3n) is 1.40. The number of halogens is 1. The number of nitrogens with zero attached hydrogens (tertiary/aromatic N) is 1. The van der Waals surface area contributed by atoms with Crippen LogP contribution in [-0.2, 0) is 7.05 Å². The van der Waals surface area contributed by atoms with Crippen molar-refractivity contribution in [1.82, 2.24) is 0 Å². The molecule has 7 heteroatoms. The molecule has 0 spiro atoms. The Balaban J connectivity index is 0.000000252. The van der Waals surface area contributed by atoms with Crippen LogP contribution in [0.4, 0.5) is 0 Å². The summed E-state index contributed by atoms with van der Waals surface area (Å²) in [4.78, 5) is 0. The molecular weight excluding hydrogens is 218 g/mol. The fourth-order valence-corrected chi connectivity index (χ4v) is 1.38. The van der Waals surface area contributed by atoms with Crippen molar-refractivity contribution >= 4 is 11.3 Å². The molecule has 5 nitrogen and oxygen atoms in total. The minimum absolute atomic E-state index is 1.34. The molecule has 0 aliphatic heterocycles. The van der Waals surface area contributed by atoms with Crippen molar-refractivity contribution in [3.63, 3.8) is 0 Å². The molecule has 0 amide bonds. The Morgan fingerprint density at radius 1 is 1.23 bits per heavy atom. The third-order valence-corrected chi connectivity index (χ3v) is 2.48. The zero-order valence-electron chi connectivity index (χ0n) is 7.44. The van der Waals surface area contributed by atoms with Gasteiger partial charge >= 0.3 is 0 Å². The van der Waals surface area contributed by atoms with E-state index in [1.54, 1.807) is 11.3 Å². The van der Waals surface area contributed by atoms with Crippen LogP contribution in [0.15, 0.2) is 5.38 Å². The lowest BCUT2D eigenvalue weighted by atomic mass is 10.5. The van der Waals surface area contributed by atoms with E-state index < -0.39 is 10.2 Å². The number of aromatic nitrogens is 1. The quantitative estimate of drug-likeness (QED) is 0.429. The topological polar surface area (TPSA) is 96.1 Å². The van der Waals surface area contributed by atoms with Crippen LogP contribution in [0.3, 0.4) is 0 Å². The molecule has 0 radical (unpaired) electrons. The molecule has 0 fully saturated rings. The van der Waals surface area contributed by atoms with Crippen LogP contribution in [0.2, 0.25) is 0 Å². The Labute approximate surface area is 82.2 Å². The van der Waals surface area contributed by atoms with E-state index in [-0.39, 0.29) is 0 Å². The molecule has 0 saturated carbocycles. The second-order valence-electron chi connectivity index (χ2n) is 2.33. The van der Waals surface area contributed by atoms with Crippen molar-refractivity contribution < 1.29 is 33.4 Å². The fraction of sp³-hybridized carbons (Fsp3) is 0.500. The minimum Gasteiger partial charge on any atom is -0.222 e. The van der Waals surface area contributed by atoms with Gasteiger partial charge in [0.15, 0.2) is 5.69 Å². The summed E-state index contributed by atoms with van der Waals surface area (Å²) < 4.78 is 36.2. The number of aryl methyl sites for hydroxylation is 2. The predicted molar refractivity (Wildman–Crippen MR) is 35.0 cm³/mol. The standard InChI is InChI=1S/C6H10NS.ClHO4/c1-5-4-8-6(2)7(5)3;2-1(3,4)5/h4H,1-3H3;(H,2,3,4,5)/q+1;/p-1. The number of hydrogen-bond donors (Lipinski definition) is 0. The molecule has 13 heavy (non-hydrogen) atoms. The van der Waals surface area contributed by atoms with Crippen molar-refractivity contribution in [3.05, 3.63) is 16.1 Å². The molecule has 1 heterocycles. The first-order valence-corrected chi connectivity index (χ1v) is 5.35. The first-order chi connectivity index (χ1) is 5.72. The van der Waals surface area contributed by atoms with Gasteiger partial charge in [0.25, 0.3) is 0 Å². The predicted octanol–water partition coefficient (Wildman–Crippen LogP) is -3.57. The Morgan fingerprint density at radius 2 is 1.62 bits per heavy atom. The summed E-state index contributed by atoms with van der Waals surface area (Å²) in [7, 11) is -2.86. The van der Waals surface area contributed by atoms with Crippen LogP contribution in [0, 0.1) is 24.1 Å². The Kier molecular flexibility index (Phi) is 4.76. The van der Waals surface area contributed by atoms with Gasteiger partial charge in [0.2, 0.25) is 5.01 Å². The lowest BCUT2D eigenvalue weighted by Crippen LogP contribution is -2.68. The Hall–Kier alpha value is -0.240. The summed E-state index contributed by atoms with van der Waals surface area (Å²) in [5, 5.41) is 3.53. The summed E-state index contributed by atoms with van der Waals surface area (Å²) in [6, 6.07) is 0. The van der Waals surface area contributed by atoms with Crippen LogP contribution in [0.5, 0.6) is 0 Å². The van der Waals surface area contributed by atoms with Crippen LogP contribution in [0.1, 0.15) is 10.7 Å². The molecule has 0 N–H and O–H groups in total. The van der Waals surface area contributed by atoms with Gasteiger partial charge in [-0.05, 0) is 0 Å².